The third kappa shape index (κ3) is 11.6. The van der Waals surface area contributed by atoms with Gasteiger partial charge in [-0.3, -0.25) is 0 Å². The van der Waals surface area contributed by atoms with Gasteiger partial charge in [0.15, 0.2) is 12.6 Å². The fourth-order valence-corrected chi connectivity index (χ4v) is 3.57. The summed E-state index contributed by atoms with van der Waals surface area (Å²) in [5.41, 5.74) is 0. The minimum Gasteiger partial charge on any atom is -0.353 e. The Balaban J connectivity index is 3.59. The smallest absolute Gasteiger partial charge is 0.157 e. The molecule has 0 aromatic heterocycles. The average Bonchev–Trinajstić information content (AvgIpc) is 2.39. The minimum absolute atomic E-state index is 0.00270. The Hall–Kier alpha value is 0.0569. The van der Waals surface area contributed by atoms with Crippen LogP contribution in [-0.4, -0.2) is 48.5 Å². The van der Waals surface area contributed by atoms with Crippen molar-refractivity contribution in [2.45, 2.75) is 65.2 Å². The summed E-state index contributed by atoms with van der Waals surface area (Å²) in [5, 5.41) is 0. The first-order valence-corrected chi connectivity index (χ1v) is 9.74. The number of hydrogen-bond acceptors (Lipinski definition) is 4. The van der Waals surface area contributed by atoms with E-state index in [1.165, 1.54) is 12.1 Å². The topological polar surface area (TPSA) is 36.9 Å². The van der Waals surface area contributed by atoms with Crippen molar-refractivity contribution < 1.29 is 18.9 Å². The van der Waals surface area contributed by atoms with Gasteiger partial charge in [0.25, 0.3) is 0 Å². The molecule has 0 aromatic carbocycles. The van der Waals surface area contributed by atoms with Gasteiger partial charge in [0, 0.05) is 35.9 Å². The molecule has 0 heterocycles. The van der Waals surface area contributed by atoms with Crippen molar-refractivity contribution in [1.29, 1.82) is 0 Å². The van der Waals surface area contributed by atoms with E-state index in [2.05, 4.69) is 0 Å². The second-order valence-electron chi connectivity index (χ2n) is 4.32. The Bertz CT molecular complexity index is 151. The van der Waals surface area contributed by atoms with E-state index in [9.17, 15) is 0 Å². The summed E-state index contributed by atoms with van der Waals surface area (Å²) in [6.07, 6.45) is 2.05. The quantitative estimate of drug-likeness (QED) is 0.280. The summed E-state index contributed by atoms with van der Waals surface area (Å²) in [4.78, 5) is 0. The maximum Gasteiger partial charge on any atom is 0.157 e. The summed E-state index contributed by atoms with van der Waals surface area (Å²) in [5.74, 6) is 0. The van der Waals surface area contributed by atoms with Crippen molar-refractivity contribution in [2.24, 2.45) is 0 Å². The van der Waals surface area contributed by atoms with Gasteiger partial charge >= 0.3 is 0 Å². The number of hydrogen-bond donors (Lipinski definition) is 0. The summed E-state index contributed by atoms with van der Waals surface area (Å²) in [6.45, 7) is 10.9. The van der Waals surface area contributed by atoms with Gasteiger partial charge in [-0.1, -0.05) is 12.1 Å². The molecule has 0 rings (SSSR count). The van der Waals surface area contributed by atoms with E-state index in [1.807, 2.05) is 27.7 Å². The number of rotatable bonds is 14. The van der Waals surface area contributed by atoms with Crippen LogP contribution in [0.1, 0.15) is 40.5 Å². The lowest BCUT2D eigenvalue weighted by Crippen LogP contribution is -2.19. The largest absolute Gasteiger partial charge is 0.353 e. The molecule has 0 atom stereocenters. The molecule has 116 valence electrons. The van der Waals surface area contributed by atoms with E-state index in [1.54, 1.807) is 0 Å². The van der Waals surface area contributed by atoms with Gasteiger partial charge < -0.3 is 18.9 Å². The van der Waals surface area contributed by atoms with E-state index in [0.29, 0.717) is 0 Å². The van der Waals surface area contributed by atoms with E-state index in [0.717, 1.165) is 39.3 Å². The SMILES string of the molecule is CCOC(CC[SiH2]CCC(OCC)OCC)OCC. The fourth-order valence-electron chi connectivity index (χ4n) is 1.97. The first kappa shape index (κ1) is 19.1. The van der Waals surface area contributed by atoms with Crippen molar-refractivity contribution in [3.05, 3.63) is 0 Å². The highest BCUT2D eigenvalue weighted by atomic mass is 28.2. The molecule has 0 amide bonds. The van der Waals surface area contributed by atoms with Gasteiger partial charge in [0.05, 0.1) is 0 Å². The Morgan fingerprint density at radius 2 is 0.947 bits per heavy atom. The monoisotopic (exact) mass is 292 g/mol. The zero-order valence-corrected chi connectivity index (χ0v) is 14.6. The predicted octanol–water partition coefficient (Wildman–Crippen LogP) is 2.57. The molecule has 0 aliphatic rings. The van der Waals surface area contributed by atoms with Crippen LogP contribution in [0.4, 0.5) is 0 Å². The Kier molecular flexibility index (Phi) is 14.5. The highest BCUT2D eigenvalue weighted by Gasteiger charge is 2.09. The van der Waals surface area contributed by atoms with Crippen LogP contribution in [0.25, 0.3) is 0 Å². The van der Waals surface area contributed by atoms with Crippen molar-refractivity contribution >= 4 is 9.52 Å². The highest BCUT2D eigenvalue weighted by Crippen LogP contribution is 2.09. The van der Waals surface area contributed by atoms with Crippen LogP contribution in [0.3, 0.4) is 0 Å². The molecular weight excluding hydrogens is 260 g/mol. The van der Waals surface area contributed by atoms with Gasteiger partial charge in [-0.2, -0.15) is 0 Å². The first-order valence-electron chi connectivity index (χ1n) is 7.74. The predicted molar refractivity (Wildman–Crippen MR) is 81.5 cm³/mol. The molecular formula is C14H32O4Si. The van der Waals surface area contributed by atoms with Crippen molar-refractivity contribution in [1.82, 2.24) is 0 Å². The Morgan fingerprint density at radius 3 is 1.21 bits per heavy atom. The summed E-state index contributed by atoms with van der Waals surface area (Å²) < 4.78 is 22.2. The van der Waals surface area contributed by atoms with Crippen LogP contribution < -0.4 is 0 Å². The molecule has 0 N–H and O–H groups in total. The zero-order valence-electron chi connectivity index (χ0n) is 13.2. The van der Waals surface area contributed by atoms with Crippen molar-refractivity contribution in [3.63, 3.8) is 0 Å². The lowest BCUT2D eigenvalue weighted by molar-refractivity contribution is -0.137. The van der Waals surface area contributed by atoms with E-state index in [-0.39, 0.29) is 22.1 Å². The standard InChI is InChI=1S/C14H32O4Si/c1-5-15-13(16-6-2)9-11-19-12-10-14(17-7-3)18-8-4/h13-14H,5-12,19H2,1-4H3. The molecule has 4 nitrogen and oxygen atoms in total. The lowest BCUT2D eigenvalue weighted by atomic mass is 10.4. The average molecular weight is 292 g/mol. The fraction of sp³-hybridized carbons (Fsp3) is 1.00. The molecule has 0 saturated heterocycles. The van der Waals surface area contributed by atoms with Crippen LogP contribution in [-0.2, 0) is 18.9 Å². The second-order valence-corrected chi connectivity index (χ2v) is 6.44. The van der Waals surface area contributed by atoms with Crippen LogP contribution >= 0.6 is 0 Å². The van der Waals surface area contributed by atoms with Gasteiger partial charge in [0.2, 0.25) is 0 Å². The first-order chi connectivity index (χ1) is 9.28. The third-order valence-corrected chi connectivity index (χ3v) is 4.61. The van der Waals surface area contributed by atoms with Gasteiger partial charge in [-0.25, -0.2) is 0 Å². The molecule has 0 aliphatic heterocycles. The normalized spacial score (nSPS) is 11.7. The van der Waals surface area contributed by atoms with Gasteiger partial charge in [0.1, 0.15) is 0 Å². The van der Waals surface area contributed by atoms with E-state index in [4.69, 9.17) is 18.9 Å². The molecule has 0 fully saturated rings. The Morgan fingerprint density at radius 1 is 0.632 bits per heavy atom. The van der Waals surface area contributed by atoms with Gasteiger partial charge in [-0.15, -0.1) is 0 Å². The molecule has 19 heavy (non-hydrogen) atoms. The molecule has 0 spiro atoms. The van der Waals surface area contributed by atoms with Crippen LogP contribution in [0.5, 0.6) is 0 Å². The highest BCUT2D eigenvalue weighted by molar-refractivity contribution is 6.35. The van der Waals surface area contributed by atoms with E-state index >= 15 is 0 Å². The molecule has 0 radical (unpaired) electrons. The second kappa shape index (κ2) is 14.5. The summed E-state index contributed by atoms with van der Waals surface area (Å²) in [7, 11) is -0.0622. The zero-order chi connectivity index (χ0) is 14.3. The molecule has 0 aromatic rings. The van der Waals surface area contributed by atoms with Crippen LogP contribution in [0, 0.1) is 0 Å². The Labute approximate surface area is 121 Å². The van der Waals surface area contributed by atoms with E-state index < -0.39 is 0 Å². The molecule has 0 bridgehead atoms. The summed E-state index contributed by atoms with van der Waals surface area (Å²) in [6, 6.07) is 2.52. The van der Waals surface area contributed by atoms with Gasteiger partial charge in [-0.05, 0) is 40.5 Å². The molecule has 0 saturated carbocycles. The van der Waals surface area contributed by atoms with Crippen molar-refractivity contribution in [3.8, 4) is 0 Å². The minimum atomic E-state index is -0.0622. The number of ether oxygens (including phenoxy) is 4. The lowest BCUT2D eigenvalue weighted by Gasteiger charge is -2.18. The molecule has 5 heteroatoms. The summed E-state index contributed by atoms with van der Waals surface area (Å²) >= 11 is 0. The van der Waals surface area contributed by atoms with Crippen molar-refractivity contribution in [2.75, 3.05) is 26.4 Å². The van der Waals surface area contributed by atoms with Crippen LogP contribution in [0.15, 0.2) is 0 Å². The maximum atomic E-state index is 5.54. The maximum absolute atomic E-state index is 5.54. The third-order valence-electron chi connectivity index (χ3n) is 2.79. The molecule has 0 unspecified atom stereocenters. The molecule has 0 aliphatic carbocycles. The van der Waals surface area contributed by atoms with Crippen LogP contribution in [0.2, 0.25) is 12.1 Å².